The van der Waals surface area contributed by atoms with Crippen molar-refractivity contribution in [1.82, 2.24) is 10.2 Å². The van der Waals surface area contributed by atoms with Crippen LogP contribution >= 0.6 is 0 Å². The Balaban J connectivity index is 2.04. The molecule has 3 rings (SSSR count). The van der Waals surface area contributed by atoms with Crippen LogP contribution in [-0.2, 0) is 9.53 Å². The highest BCUT2D eigenvalue weighted by Gasteiger charge is 2.41. The molecule has 1 aliphatic rings. The molecule has 0 atom stereocenters. The molecule has 1 aromatic heterocycles. The first kappa shape index (κ1) is 13.8. The molecule has 0 radical (unpaired) electrons. The molecule has 6 nitrogen and oxygen atoms in total. The average Bonchev–Trinajstić information content (AvgIpc) is 2.51. The Morgan fingerprint density at radius 1 is 1.24 bits per heavy atom. The normalized spacial score (nSPS) is 17.6. The number of benzene rings is 1. The molecule has 0 spiro atoms. The zero-order valence-electron chi connectivity index (χ0n) is 11.8. The molecule has 1 aliphatic heterocycles. The molecule has 2 heterocycles. The van der Waals surface area contributed by atoms with Crippen LogP contribution in [0.4, 0.5) is 5.82 Å². The Morgan fingerprint density at radius 3 is 2.57 bits per heavy atom. The third-order valence-electron chi connectivity index (χ3n) is 3.99. The van der Waals surface area contributed by atoms with Crippen molar-refractivity contribution in [1.29, 1.82) is 0 Å². The Kier molecular flexibility index (Phi) is 3.47. The van der Waals surface area contributed by atoms with Gasteiger partial charge in [0, 0.05) is 36.8 Å². The fraction of sp³-hybridized carbons (Fsp3) is 0.400. The van der Waals surface area contributed by atoms with Gasteiger partial charge in [0.15, 0.2) is 5.82 Å². The van der Waals surface area contributed by atoms with Crippen molar-refractivity contribution in [2.75, 3.05) is 18.5 Å². The van der Waals surface area contributed by atoms with Crippen molar-refractivity contribution >= 4 is 22.6 Å². The number of hydrogen-bond donors (Lipinski definition) is 2. The van der Waals surface area contributed by atoms with Crippen molar-refractivity contribution in [2.24, 2.45) is 0 Å². The fourth-order valence-electron chi connectivity index (χ4n) is 2.67. The summed E-state index contributed by atoms with van der Waals surface area (Å²) in [6.07, 6.45) is 0.818. The number of ether oxygens (including phenoxy) is 1. The van der Waals surface area contributed by atoms with E-state index in [9.17, 15) is 9.90 Å². The molecule has 21 heavy (non-hydrogen) atoms. The maximum absolute atomic E-state index is 11.7. The summed E-state index contributed by atoms with van der Waals surface area (Å²) in [5.74, 6) is -0.363. The molecule has 0 saturated carbocycles. The first-order valence-electron chi connectivity index (χ1n) is 6.94. The monoisotopic (exact) mass is 287 g/mol. The van der Waals surface area contributed by atoms with Crippen LogP contribution in [0, 0.1) is 6.92 Å². The van der Waals surface area contributed by atoms with Gasteiger partial charge < -0.3 is 15.2 Å². The van der Waals surface area contributed by atoms with E-state index in [0.29, 0.717) is 31.9 Å². The molecule has 110 valence electrons. The smallest absolute Gasteiger partial charge is 0.329 e. The molecule has 1 fully saturated rings. The zero-order valence-corrected chi connectivity index (χ0v) is 11.8. The third-order valence-corrected chi connectivity index (χ3v) is 3.99. The minimum absolute atomic E-state index is 0.409. The number of anilines is 1. The van der Waals surface area contributed by atoms with Crippen molar-refractivity contribution in [3.8, 4) is 0 Å². The summed E-state index contributed by atoms with van der Waals surface area (Å²) in [6.45, 7) is 2.74. The highest BCUT2D eigenvalue weighted by Crippen LogP contribution is 2.29. The minimum Gasteiger partial charge on any atom is -0.480 e. The molecular weight excluding hydrogens is 270 g/mol. The molecule has 0 aliphatic carbocycles. The van der Waals surface area contributed by atoms with Gasteiger partial charge in [-0.1, -0.05) is 24.3 Å². The van der Waals surface area contributed by atoms with Crippen LogP contribution in [0.25, 0.3) is 10.8 Å². The van der Waals surface area contributed by atoms with Gasteiger partial charge in [0.05, 0.1) is 5.69 Å². The van der Waals surface area contributed by atoms with Gasteiger partial charge >= 0.3 is 5.97 Å². The SMILES string of the molecule is Cc1nnc(NC2(C(=O)O)CCOCC2)c2ccccc12. The van der Waals surface area contributed by atoms with Crippen LogP contribution in [0.2, 0.25) is 0 Å². The molecule has 6 heteroatoms. The van der Waals surface area contributed by atoms with Crippen LogP contribution in [0.1, 0.15) is 18.5 Å². The van der Waals surface area contributed by atoms with E-state index in [1.165, 1.54) is 0 Å². The first-order valence-corrected chi connectivity index (χ1v) is 6.94. The largest absolute Gasteiger partial charge is 0.480 e. The summed E-state index contributed by atoms with van der Waals surface area (Å²) in [5, 5.41) is 22.9. The van der Waals surface area contributed by atoms with Crippen molar-refractivity contribution in [3.63, 3.8) is 0 Å². The van der Waals surface area contributed by atoms with E-state index in [1.807, 2.05) is 31.2 Å². The van der Waals surface area contributed by atoms with Crippen molar-refractivity contribution in [3.05, 3.63) is 30.0 Å². The molecule has 1 aromatic carbocycles. The second-order valence-electron chi connectivity index (χ2n) is 5.30. The minimum atomic E-state index is -1.04. The third kappa shape index (κ3) is 2.42. The van der Waals surface area contributed by atoms with Gasteiger partial charge in [-0.25, -0.2) is 4.79 Å². The Morgan fingerprint density at radius 2 is 1.90 bits per heavy atom. The summed E-state index contributed by atoms with van der Waals surface area (Å²) < 4.78 is 5.28. The number of carbonyl (C=O) groups is 1. The lowest BCUT2D eigenvalue weighted by molar-refractivity contribution is -0.145. The molecule has 0 unspecified atom stereocenters. The van der Waals surface area contributed by atoms with Crippen molar-refractivity contribution in [2.45, 2.75) is 25.3 Å². The number of fused-ring (bicyclic) bond motifs is 1. The van der Waals surface area contributed by atoms with E-state index in [2.05, 4.69) is 15.5 Å². The van der Waals surface area contributed by atoms with Gasteiger partial charge in [-0.15, -0.1) is 5.10 Å². The van der Waals surface area contributed by atoms with Crippen LogP contribution in [-0.4, -0.2) is 40.0 Å². The van der Waals surface area contributed by atoms with E-state index < -0.39 is 11.5 Å². The number of aromatic nitrogens is 2. The highest BCUT2D eigenvalue weighted by atomic mass is 16.5. The van der Waals surface area contributed by atoms with Crippen LogP contribution in [0.3, 0.4) is 0 Å². The second kappa shape index (κ2) is 5.29. The van der Waals surface area contributed by atoms with E-state index in [1.54, 1.807) is 0 Å². The number of hydrogen-bond acceptors (Lipinski definition) is 5. The maximum Gasteiger partial charge on any atom is 0.329 e. The summed E-state index contributed by atoms with van der Waals surface area (Å²) in [5.41, 5.74) is -0.210. The molecule has 0 amide bonds. The number of carboxylic acids is 1. The number of rotatable bonds is 3. The summed E-state index contributed by atoms with van der Waals surface area (Å²) in [6, 6.07) is 7.73. The van der Waals surface area contributed by atoms with Crippen LogP contribution in [0.15, 0.2) is 24.3 Å². The average molecular weight is 287 g/mol. The van der Waals surface area contributed by atoms with Gasteiger partial charge in [-0.3, -0.25) is 0 Å². The summed E-state index contributed by atoms with van der Waals surface area (Å²) >= 11 is 0. The van der Waals surface area contributed by atoms with Gasteiger partial charge in [-0.2, -0.15) is 5.10 Å². The number of aryl methyl sites for hydroxylation is 1. The van der Waals surface area contributed by atoms with Gasteiger partial charge in [0.2, 0.25) is 0 Å². The summed E-state index contributed by atoms with van der Waals surface area (Å²) in [4.78, 5) is 11.7. The zero-order chi connectivity index (χ0) is 14.9. The summed E-state index contributed by atoms with van der Waals surface area (Å²) in [7, 11) is 0. The first-order chi connectivity index (χ1) is 10.1. The molecular formula is C15H17N3O3. The van der Waals surface area contributed by atoms with E-state index >= 15 is 0 Å². The van der Waals surface area contributed by atoms with E-state index in [0.717, 1.165) is 16.5 Å². The number of nitrogens with one attached hydrogen (secondary N) is 1. The van der Waals surface area contributed by atoms with Crippen LogP contribution < -0.4 is 5.32 Å². The topological polar surface area (TPSA) is 84.3 Å². The number of carboxylic acid groups (broad SMARTS) is 1. The second-order valence-corrected chi connectivity index (χ2v) is 5.30. The lowest BCUT2D eigenvalue weighted by Crippen LogP contribution is -2.50. The van der Waals surface area contributed by atoms with E-state index in [-0.39, 0.29) is 0 Å². The predicted octanol–water partition coefficient (Wildman–Crippen LogP) is 1.98. The van der Waals surface area contributed by atoms with Gasteiger partial charge in [0.25, 0.3) is 0 Å². The van der Waals surface area contributed by atoms with Crippen LogP contribution in [0.5, 0.6) is 0 Å². The standard InChI is InChI=1S/C15H17N3O3/c1-10-11-4-2-3-5-12(11)13(18-17-10)16-15(14(19)20)6-8-21-9-7-15/h2-5H,6-9H2,1H3,(H,16,18)(H,19,20). The Labute approximate surface area is 122 Å². The van der Waals surface area contributed by atoms with E-state index in [4.69, 9.17) is 4.74 Å². The number of aliphatic carboxylic acids is 1. The number of nitrogens with zero attached hydrogens (tertiary/aromatic N) is 2. The highest BCUT2D eigenvalue weighted by molar-refractivity contribution is 5.95. The molecule has 0 bridgehead atoms. The predicted molar refractivity (Wildman–Crippen MR) is 78.3 cm³/mol. The molecule has 2 aromatic rings. The molecule has 2 N–H and O–H groups in total. The quantitative estimate of drug-likeness (QED) is 0.898. The Bertz CT molecular complexity index is 681. The van der Waals surface area contributed by atoms with Gasteiger partial charge in [-0.05, 0) is 6.92 Å². The Hall–Kier alpha value is -2.21. The van der Waals surface area contributed by atoms with Crippen molar-refractivity contribution < 1.29 is 14.6 Å². The lowest BCUT2D eigenvalue weighted by Gasteiger charge is -2.34. The van der Waals surface area contributed by atoms with Gasteiger partial charge in [0.1, 0.15) is 5.54 Å². The fourth-order valence-corrected chi connectivity index (χ4v) is 2.67. The maximum atomic E-state index is 11.7. The molecule has 1 saturated heterocycles. The lowest BCUT2D eigenvalue weighted by atomic mass is 9.90.